The van der Waals surface area contributed by atoms with E-state index in [-0.39, 0.29) is 11.0 Å². The normalized spacial score (nSPS) is 15.8. The van der Waals surface area contributed by atoms with Crippen LogP contribution in [-0.4, -0.2) is 56.1 Å². The standard InChI is InChI=1S/C21H23N3O5S/c1-27-19-8-7-16(13-20(19)28-2)30(25,26)24-11-9-15(10-12-24)29-21-14-22-17-5-3-4-6-18(17)23-21/h3-8,13-15H,9-12H2,1-2H3. The summed E-state index contributed by atoms with van der Waals surface area (Å²) in [5.41, 5.74) is 1.57. The molecule has 0 atom stereocenters. The van der Waals surface area contributed by atoms with E-state index in [1.165, 1.54) is 30.7 Å². The van der Waals surface area contributed by atoms with Crippen molar-refractivity contribution >= 4 is 21.1 Å². The molecule has 158 valence electrons. The Kier molecular flexibility index (Phi) is 5.74. The zero-order chi connectivity index (χ0) is 21.1. The van der Waals surface area contributed by atoms with Gasteiger partial charge in [-0.3, -0.25) is 0 Å². The minimum Gasteiger partial charge on any atom is -0.493 e. The molecule has 0 radical (unpaired) electrons. The van der Waals surface area contributed by atoms with Crippen molar-refractivity contribution in [3.63, 3.8) is 0 Å². The Morgan fingerprint density at radius 3 is 2.37 bits per heavy atom. The maximum atomic E-state index is 13.0. The second-order valence-corrected chi connectivity index (χ2v) is 8.87. The molecule has 1 saturated heterocycles. The van der Waals surface area contributed by atoms with Gasteiger partial charge in [0.1, 0.15) is 6.10 Å². The molecule has 2 aromatic carbocycles. The molecule has 1 fully saturated rings. The van der Waals surface area contributed by atoms with Gasteiger partial charge in [-0.2, -0.15) is 4.31 Å². The van der Waals surface area contributed by atoms with Gasteiger partial charge in [0.05, 0.1) is 36.3 Å². The molecular formula is C21H23N3O5S. The van der Waals surface area contributed by atoms with E-state index >= 15 is 0 Å². The highest BCUT2D eigenvalue weighted by Crippen LogP contribution is 2.31. The zero-order valence-electron chi connectivity index (χ0n) is 16.8. The van der Waals surface area contributed by atoms with Gasteiger partial charge in [-0.25, -0.2) is 18.4 Å². The maximum absolute atomic E-state index is 13.0. The van der Waals surface area contributed by atoms with Crippen LogP contribution in [0.4, 0.5) is 0 Å². The summed E-state index contributed by atoms with van der Waals surface area (Å²) in [5.74, 6) is 1.32. The lowest BCUT2D eigenvalue weighted by Gasteiger charge is -2.31. The van der Waals surface area contributed by atoms with Gasteiger partial charge in [0, 0.05) is 19.2 Å². The molecule has 0 unspecified atom stereocenters. The fourth-order valence-electron chi connectivity index (χ4n) is 3.48. The first-order valence-electron chi connectivity index (χ1n) is 9.62. The molecule has 0 N–H and O–H groups in total. The topological polar surface area (TPSA) is 90.9 Å². The van der Waals surface area contributed by atoms with Crippen molar-refractivity contribution in [1.29, 1.82) is 0 Å². The predicted octanol–water partition coefficient (Wildman–Crippen LogP) is 2.88. The van der Waals surface area contributed by atoms with E-state index in [1.54, 1.807) is 12.3 Å². The Morgan fingerprint density at radius 1 is 0.967 bits per heavy atom. The number of hydrogen-bond donors (Lipinski definition) is 0. The van der Waals surface area contributed by atoms with Gasteiger partial charge in [-0.05, 0) is 37.1 Å². The minimum atomic E-state index is -3.63. The monoisotopic (exact) mass is 429 g/mol. The number of sulfonamides is 1. The van der Waals surface area contributed by atoms with Crippen LogP contribution in [0.15, 0.2) is 53.6 Å². The second-order valence-electron chi connectivity index (χ2n) is 6.94. The second kappa shape index (κ2) is 8.45. The van der Waals surface area contributed by atoms with Crippen LogP contribution in [0.2, 0.25) is 0 Å². The predicted molar refractivity (Wildman–Crippen MR) is 111 cm³/mol. The lowest BCUT2D eigenvalue weighted by Crippen LogP contribution is -2.41. The van der Waals surface area contributed by atoms with Crippen molar-refractivity contribution in [3.05, 3.63) is 48.7 Å². The molecule has 1 aliphatic rings. The summed E-state index contributed by atoms with van der Waals surface area (Å²) in [6.45, 7) is 0.727. The first-order chi connectivity index (χ1) is 14.5. The Labute approximate surface area is 175 Å². The quantitative estimate of drug-likeness (QED) is 0.595. The fraction of sp³-hybridized carbons (Fsp3) is 0.333. The number of ether oxygens (including phenoxy) is 3. The molecule has 0 saturated carbocycles. The van der Waals surface area contributed by atoms with Crippen LogP contribution in [0.25, 0.3) is 11.0 Å². The van der Waals surface area contributed by atoms with Crippen molar-refractivity contribution in [2.45, 2.75) is 23.8 Å². The summed E-state index contributed by atoms with van der Waals surface area (Å²) in [5, 5.41) is 0. The van der Waals surface area contributed by atoms with Crippen LogP contribution >= 0.6 is 0 Å². The lowest BCUT2D eigenvalue weighted by atomic mass is 10.1. The average Bonchev–Trinajstić information content (AvgIpc) is 2.79. The maximum Gasteiger partial charge on any atom is 0.243 e. The minimum absolute atomic E-state index is 0.114. The third-order valence-corrected chi connectivity index (χ3v) is 7.00. The number of benzene rings is 2. The molecule has 1 aliphatic heterocycles. The average molecular weight is 429 g/mol. The molecule has 30 heavy (non-hydrogen) atoms. The van der Waals surface area contributed by atoms with Gasteiger partial charge >= 0.3 is 0 Å². The Balaban J connectivity index is 1.43. The number of para-hydroxylation sites is 2. The molecule has 3 aromatic rings. The molecule has 1 aromatic heterocycles. The van der Waals surface area contributed by atoms with Crippen molar-refractivity contribution in [1.82, 2.24) is 14.3 Å². The SMILES string of the molecule is COc1ccc(S(=O)(=O)N2CCC(Oc3cnc4ccccc4n3)CC2)cc1OC. The van der Waals surface area contributed by atoms with E-state index in [9.17, 15) is 8.42 Å². The van der Waals surface area contributed by atoms with E-state index in [1.807, 2.05) is 24.3 Å². The summed E-state index contributed by atoms with van der Waals surface area (Å²) in [6.07, 6.45) is 2.63. The molecule has 9 heteroatoms. The van der Waals surface area contributed by atoms with Crippen LogP contribution in [0.5, 0.6) is 17.4 Å². The first-order valence-corrected chi connectivity index (χ1v) is 11.1. The highest BCUT2D eigenvalue weighted by molar-refractivity contribution is 7.89. The first kappa shape index (κ1) is 20.4. The molecule has 0 bridgehead atoms. The van der Waals surface area contributed by atoms with E-state index in [0.29, 0.717) is 43.3 Å². The zero-order valence-corrected chi connectivity index (χ0v) is 17.6. The van der Waals surface area contributed by atoms with Gasteiger partial charge in [0.15, 0.2) is 11.5 Å². The molecular weight excluding hydrogens is 406 g/mol. The molecule has 0 amide bonds. The molecule has 4 rings (SSSR count). The smallest absolute Gasteiger partial charge is 0.243 e. The summed E-state index contributed by atoms with van der Waals surface area (Å²) < 4.78 is 43.9. The van der Waals surface area contributed by atoms with Gasteiger partial charge in [0.25, 0.3) is 0 Å². The number of piperidine rings is 1. The molecule has 2 heterocycles. The van der Waals surface area contributed by atoms with E-state index in [2.05, 4.69) is 9.97 Å². The molecule has 0 aliphatic carbocycles. The van der Waals surface area contributed by atoms with Gasteiger partial charge < -0.3 is 14.2 Å². The van der Waals surface area contributed by atoms with E-state index in [4.69, 9.17) is 14.2 Å². The number of hydrogen-bond acceptors (Lipinski definition) is 7. The van der Waals surface area contributed by atoms with Crippen molar-refractivity contribution in [3.8, 4) is 17.4 Å². The van der Waals surface area contributed by atoms with Crippen LogP contribution in [0.1, 0.15) is 12.8 Å². The van der Waals surface area contributed by atoms with Crippen molar-refractivity contribution in [2.75, 3.05) is 27.3 Å². The van der Waals surface area contributed by atoms with E-state index < -0.39 is 10.0 Å². The lowest BCUT2D eigenvalue weighted by molar-refractivity contribution is 0.130. The van der Waals surface area contributed by atoms with Crippen molar-refractivity contribution in [2.24, 2.45) is 0 Å². The van der Waals surface area contributed by atoms with Crippen LogP contribution in [-0.2, 0) is 10.0 Å². The summed E-state index contributed by atoms with van der Waals surface area (Å²) in [4.78, 5) is 9.01. The van der Waals surface area contributed by atoms with Crippen LogP contribution in [0, 0.1) is 0 Å². The van der Waals surface area contributed by atoms with E-state index in [0.717, 1.165) is 11.0 Å². The van der Waals surface area contributed by atoms with Gasteiger partial charge in [0.2, 0.25) is 15.9 Å². The van der Waals surface area contributed by atoms with Crippen LogP contribution in [0.3, 0.4) is 0 Å². The number of rotatable bonds is 6. The molecule has 8 nitrogen and oxygen atoms in total. The number of fused-ring (bicyclic) bond motifs is 1. The highest BCUT2D eigenvalue weighted by Gasteiger charge is 2.31. The summed E-state index contributed by atoms with van der Waals surface area (Å²) in [6, 6.07) is 12.2. The molecule has 0 spiro atoms. The van der Waals surface area contributed by atoms with Crippen LogP contribution < -0.4 is 14.2 Å². The van der Waals surface area contributed by atoms with Crippen molar-refractivity contribution < 1.29 is 22.6 Å². The number of methoxy groups -OCH3 is 2. The fourth-order valence-corrected chi connectivity index (χ4v) is 4.97. The number of nitrogens with zero attached hydrogens (tertiary/aromatic N) is 3. The summed E-state index contributed by atoms with van der Waals surface area (Å²) >= 11 is 0. The summed E-state index contributed by atoms with van der Waals surface area (Å²) in [7, 11) is -0.641. The van der Waals surface area contributed by atoms with Gasteiger partial charge in [-0.15, -0.1) is 0 Å². The third kappa shape index (κ3) is 4.03. The highest BCUT2D eigenvalue weighted by atomic mass is 32.2. The Morgan fingerprint density at radius 2 is 1.67 bits per heavy atom. The Hall–Kier alpha value is -2.91. The third-order valence-electron chi connectivity index (χ3n) is 5.11. The van der Waals surface area contributed by atoms with Gasteiger partial charge in [-0.1, -0.05) is 12.1 Å². The number of aromatic nitrogens is 2. The Bertz CT molecular complexity index is 1140. The largest absolute Gasteiger partial charge is 0.493 e.